The van der Waals surface area contributed by atoms with Crippen LogP contribution in [0.2, 0.25) is 0 Å². The van der Waals surface area contributed by atoms with E-state index in [0.29, 0.717) is 0 Å². The van der Waals surface area contributed by atoms with Crippen LogP contribution < -0.4 is 4.57 Å². The van der Waals surface area contributed by atoms with Crippen LogP contribution in [0.3, 0.4) is 0 Å². The molecule has 4 heterocycles. The second-order valence-corrected chi connectivity index (χ2v) is 10.0. The average Bonchev–Trinajstić information content (AvgIpc) is 3.42. The Hall–Kier alpha value is -3.20. The van der Waals surface area contributed by atoms with Gasteiger partial charge in [-0.25, -0.2) is 4.57 Å². The topological polar surface area (TPSA) is 21.2 Å². The van der Waals surface area contributed by atoms with Gasteiger partial charge < -0.3 is 4.40 Å². The molecule has 1 fully saturated rings. The molecule has 0 atom stereocenters. The van der Waals surface area contributed by atoms with Gasteiger partial charge >= 0.3 is 0 Å². The fraction of sp³-hybridized carbons (Fsp3) is 0.310. The maximum absolute atomic E-state index is 4.53. The predicted octanol–water partition coefficient (Wildman–Crippen LogP) is 6.56. The van der Waals surface area contributed by atoms with Crippen LogP contribution in [0.25, 0.3) is 49.0 Å². The zero-order valence-electron chi connectivity index (χ0n) is 19.1. The van der Waals surface area contributed by atoms with Gasteiger partial charge in [0.25, 0.3) is 0 Å². The van der Waals surface area contributed by atoms with Crippen molar-refractivity contribution in [3.05, 3.63) is 65.6 Å². The highest BCUT2D eigenvalue weighted by molar-refractivity contribution is 6.26. The van der Waals surface area contributed by atoms with Crippen molar-refractivity contribution < 1.29 is 4.57 Å². The Labute approximate surface area is 187 Å². The molecule has 0 spiro atoms. The van der Waals surface area contributed by atoms with Gasteiger partial charge in [-0.15, -0.1) is 0 Å². The van der Waals surface area contributed by atoms with Crippen molar-refractivity contribution in [2.75, 3.05) is 0 Å². The molecule has 1 aliphatic rings. The second-order valence-electron chi connectivity index (χ2n) is 10.0. The van der Waals surface area contributed by atoms with Crippen molar-refractivity contribution in [1.29, 1.82) is 0 Å². The summed E-state index contributed by atoms with van der Waals surface area (Å²) < 4.78 is 4.83. The predicted molar refractivity (Wildman–Crippen MR) is 133 cm³/mol. The Balaban J connectivity index is 1.75. The molecule has 6 aromatic rings. The van der Waals surface area contributed by atoms with Crippen molar-refractivity contribution in [2.24, 2.45) is 13.0 Å². The molecule has 3 nitrogen and oxygen atoms in total. The van der Waals surface area contributed by atoms with Crippen LogP contribution in [-0.4, -0.2) is 9.38 Å². The fourth-order valence-corrected chi connectivity index (χ4v) is 6.48. The van der Waals surface area contributed by atoms with Gasteiger partial charge in [-0.3, -0.25) is 4.98 Å². The van der Waals surface area contributed by atoms with E-state index in [1.807, 2.05) is 12.4 Å². The Kier molecular flexibility index (Phi) is 3.68. The molecule has 1 saturated carbocycles. The van der Waals surface area contributed by atoms with Gasteiger partial charge in [-0.1, -0.05) is 31.7 Å². The van der Waals surface area contributed by atoms with Crippen molar-refractivity contribution in [1.82, 2.24) is 9.38 Å². The van der Waals surface area contributed by atoms with Crippen LogP contribution >= 0.6 is 0 Å². The molecular formula is C29H28N3+. The smallest absolute Gasteiger partial charge is 0.224 e. The van der Waals surface area contributed by atoms with E-state index in [1.165, 1.54) is 97.8 Å². The lowest BCUT2D eigenvalue weighted by molar-refractivity contribution is -0.643. The summed E-state index contributed by atoms with van der Waals surface area (Å²) in [6.45, 7) is 4.53. The number of rotatable bonds is 2. The van der Waals surface area contributed by atoms with Crippen molar-refractivity contribution >= 4 is 49.0 Å². The van der Waals surface area contributed by atoms with Gasteiger partial charge in [-0.2, -0.15) is 0 Å². The molecule has 0 aliphatic heterocycles. The molecule has 7 rings (SSSR count). The van der Waals surface area contributed by atoms with Gasteiger partial charge in [0.1, 0.15) is 7.05 Å². The molecule has 0 unspecified atom stereocenters. The Morgan fingerprint density at radius 2 is 1.84 bits per heavy atom. The highest BCUT2D eigenvalue weighted by Crippen LogP contribution is 2.42. The van der Waals surface area contributed by atoms with Crippen LogP contribution in [0, 0.1) is 19.8 Å². The third-order valence-corrected chi connectivity index (χ3v) is 8.13. The molecule has 0 bridgehead atoms. The summed E-state index contributed by atoms with van der Waals surface area (Å²) in [4.78, 5) is 4.53. The number of hydrogen-bond donors (Lipinski definition) is 0. The van der Waals surface area contributed by atoms with E-state index >= 15 is 0 Å². The van der Waals surface area contributed by atoms with Crippen molar-refractivity contribution in [3.8, 4) is 0 Å². The van der Waals surface area contributed by atoms with Crippen molar-refractivity contribution in [2.45, 2.75) is 46.0 Å². The van der Waals surface area contributed by atoms with Gasteiger partial charge in [0.15, 0.2) is 6.20 Å². The van der Waals surface area contributed by atoms with Crippen molar-refractivity contribution in [3.63, 3.8) is 0 Å². The maximum Gasteiger partial charge on any atom is 0.224 e. The molecule has 2 aromatic carbocycles. The Morgan fingerprint density at radius 3 is 2.69 bits per heavy atom. The lowest BCUT2D eigenvalue weighted by Gasteiger charge is -2.16. The summed E-state index contributed by atoms with van der Waals surface area (Å²) in [7, 11) is 2.19. The average molecular weight is 419 g/mol. The summed E-state index contributed by atoms with van der Waals surface area (Å²) in [6.07, 6.45) is 13.0. The third kappa shape index (κ3) is 2.31. The lowest BCUT2D eigenvalue weighted by Crippen LogP contribution is -2.29. The van der Waals surface area contributed by atoms with Gasteiger partial charge in [-0.05, 0) is 66.5 Å². The molecule has 4 aromatic heterocycles. The zero-order chi connectivity index (χ0) is 21.6. The quantitative estimate of drug-likeness (QED) is 0.177. The highest BCUT2D eigenvalue weighted by atomic mass is 15.0. The number of aryl methyl sites for hydroxylation is 3. The van der Waals surface area contributed by atoms with Crippen LogP contribution in [0.1, 0.15) is 42.4 Å². The SMILES string of the molecule is Cc1cc2c3ccncc3n3c4cc(CC5CCCC5)cc5cc[n+](C)c(c(c1C)c23)c54. The maximum atomic E-state index is 4.53. The second kappa shape index (κ2) is 6.41. The highest BCUT2D eigenvalue weighted by Gasteiger charge is 2.25. The summed E-state index contributed by atoms with van der Waals surface area (Å²) in [5, 5.41) is 6.73. The van der Waals surface area contributed by atoms with E-state index in [2.05, 4.69) is 71.4 Å². The molecular weight excluding hydrogens is 390 g/mol. The number of benzene rings is 2. The van der Waals surface area contributed by atoms with Crippen LogP contribution in [0.4, 0.5) is 0 Å². The Morgan fingerprint density at radius 1 is 1.00 bits per heavy atom. The van der Waals surface area contributed by atoms with E-state index in [4.69, 9.17) is 0 Å². The molecule has 0 N–H and O–H groups in total. The third-order valence-electron chi connectivity index (χ3n) is 8.13. The molecule has 158 valence electrons. The first-order chi connectivity index (χ1) is 15.6. The van der Waals surface area contributed by atoms with Crippen LogP contribution in [-0.2, 0) is 13.5 Å². The van der Waals surface area contributed by atoms with Gasteiger partial charge in [0, 0.05) is 23.0 Å². The minimum Gasteiger partial charge on any atom is -0.306 e. The number of pyridine rings is 3. The minimum absolute atomic E-state index is 0.836. The van der Waals surface area contributed by atoms with Gasteiger partial charge in [0.05, 0.1) is 33.5 Å². The normalized spacial score (nSPS) is 15.5. The van der Waals surface area contributed by atoms with Gasteiger partial charge in [0.2, 0.25) is 5.52 Å². The first kappa shape index (κ1) is 18.4. The number of aromatic nitrogens is 3. The first-order valence-electron chi connectivity index (χ1n) is 12.0. The molecule has 1 aliphatic carbocycles. The summed E-state index contributed by atoms with van der Waals surface area (Å²) >= 11 is 0. The standard InChI is InChI=1S/C29H28N3/c1-17-12-23-22-8-10-30-16-25(22)32-24-15-20(13-19-6-4-5-7-19)14-21-9-11-31(3)29(27(21)24)26(18(17)2)28(23)32/h8-12,14-16,19H,4-7,13H2,1-3H3/q+1. The molecule has 32 heavy (non-hydrogen) atoms. The molecule has 0 saturated heterocycles. The zero-order valence-corrected chi connectivity index (χ0v) is 19.1. The van der Waals surface area contributed by atoms with Crippen LogP contribution in [0.15, 0.2) is 48.9 Å². The number of nitrogens with zero attached hydrogens (tertiary/aromatic N) is 3. The van der Waals surface area contributed by atoms with E-state index < -0.39 is 0 Å². The van der Waals surface area contributed by atoms with E-state index in [9.17, 15) is 0 Å². The van der Waals surface area contributed by atoms with Crippen LogP contribution in [0.5, 0.6) is 0 Å². The summed E-state index contributed by atoms with van der Waals surface area (Å²) in [6, 6.07) is 11.8. The fourth-order valence-electron chi connectivity index (χ4n) is 6.48. The monoisotopic (exact) mass is 418 g/mol. The molecule has 0 radical (unpaired) electrons. The lowest BCUT2D eigenvalue weighted by atomic mass is 9.93. The van der Waals surface area contributed by atoms with E-state index in [1.54, 1.807) is 0 Å². The summed E-state index contributed by atoms with van der Waals surface area (Å²) in [5.74, 6) is 0.836. The number of hydrogen-bond acceptors (Lipinski definition) is 1. The number of fused-ring (bicyclic) bond motifs is 5. The minimum atomic E-state index is 0.836. The first-order valence-corrected chi connectivity index (χ1v) is 12.0. The summed E-state index contributed by atoms with van der Waals surface area (Å²) in [5.41, 5.74) is 9.42. The largest absolute Gasteiger partial charge is 0.306 e. The van der Waals surface area contributed by atoms with E-state index in [-0.39, 0.29) is 0 Å². The molecule has 3 heteroatoms. The van der Waals surface area contributed by atoms with E-state index in [0.717, 1.165) is 5.92 Å². The Bertz CT molecular complexity index is 1680. The molecule has 0 amide bonds.